The molecule has 0 saturated carbocycles. The number of amides is 2. The van der Waals surface area contributed by atoms with E-state index in [4.69, 9.17) is 9.47 Å². The molecule has 2 amide bonds. The molecule has 9 nitrogen and oxygen atoms in total. The van der Waals surface area contributed by atoms with Crippen LogP contribution in [0.25, 0.3) is 0 Å². The highest BCUT2D eigenvalue weighted by molar-refractivity contribution is 7.92. The molecule has 10 heteroatoms. The summed E-state index contributed by atoms with van der Waals surface area (Å²) in [5.41, 5.74) is 4.07. The summed E-state index contributed by atoms with van der Waals surface area (Å²) in [7, 11) is -1.44. The molecule has 0 spiro atoms. The van der Waals surface area contributed by atoms with Crippen molar-refractivity contribution in [2.45, 2.75) is 71.0 Å². The monoisotopic (exact) mass is 685 g/mol. The molecular formula is C39H47N3O6S. The van der Waals surface area contributed by atoms with E-state index >= 15 is 0 Å². The van der Waals surface area contributed by atoms with Gasteiger partial charge in [-0.3, -0.25) is 13.9 Å². The minimum atomic E-state index is -4.34. The molecule has 0 saturated heterocycles. The normalized spacial score (nSPS) is 12.2. The highest BCUT2D eigenvalue weighted by Gasteiger charge is 2.36. The Kier molecular flexibility index (Phi) is 11.8. The number of anilines is 1. The minimum absolute atomic E-state index is 0.0751. The Bertz CT molecular complexity index is 1870. The van der Waals surface area contributed by atoms with Crippen molar-refractivity contribution in [3.05, 3.63) is 119 Å². The highest BCUT2D eigenvalue weighted by Crippen LogP contribution is 2.33. The molecule has 0 aromatic heterocycles. The quantitative estimate of drug-likeness (QED) is 0.175. The van der Waals surface area contributed by atoms with Crippen LogP contribution in [-0.4, -0.2) is 57.5 Å². The Labute approximate surface area is 290 Å². The lowest BCUT2D eigenvalue weighted by Gasteiger charge is -2.35. The minimum Gasteiger partial charge on any atom is -0.493 e. The van der Waals surface area contributed by atoms with Crippen LogP contribution in [0.1, 0.15) is 48.6 Å². The van der Waals surface area contributed by atoms with Gasteiger partial charge >= 0.3 is 0 Å². The van der Waals surface area contributed by atoms with Gasteiger partial charge in [0.25, 0.3) is 10.0 Å². The fourth-order valence-corrected chi connectivity index (χ4v) is 7.12. The average molecular weight is 686 g/mol. The van der Waals surface area contributed by atoms with Gasteiger partial charge in [0.2, 0.25) is 11.8 Å². The largest absolute Gasteiger partial charge is 0.493 e. The second-order valence-corrected chi connectivity index (χ2v) is 15.1. The fraction of sp³-hybridized carbons (Fsp3) is 0.333. The van der Waals surface area contributed by atoms with E-state index in [9.17, 15) is 18.0 Å². The molecule has 0 heterocycles. The van der Waals surface area contributed by atoms with Crippen LogP contribution in [0.3, 0.4) is 0 Å². The summed E-state index contributed by atoms with van der Waals surface area (Å²) >= 11 is 0. The van der Waals surface area contributed by atoms with Crippen molar-refractivity contribution in [1.29, 1.82) is 0 Å². The molecule has 4 aromatic carbocycles. The molecule has 4 rings (SSSR count). The zero-order valence-electron chi connectivity index (χ0n) is 29.6. The number of aryl methyl sites for hydroxylation is 3. The Balaban J connectivity index is 1.88. The van der Waals surface area contributed by atoms with E-state index in [0.717, 1.165) is 32.1 Å². The van der Waals surface area contributed by atoms with Gasteiger partial charge in [-0.15, -0.1) is 0 Å². The van der Waals surface area contributed by atoms with Crippen LogP contribution in [0.2, 0.25) is 0 Å². The Morgan fingerprint density at radius 1 is 0.796 bits per heavy atom. The predicted molar refractivity (Wildman–Crippen MR) is 194 cm³/mol. The molecule has 0 aliphatic carbocycles. The summed E-state index contributed by atoms with van der Waals surface area (Å²) in [4.78, 5) is 30.4. The summed E-state index contributed by atoms with van der Waals surface area (Å²) in [6.45, 7) is 10.9. The van der Waals surface area contributed by atoms with E-state index in [1.54, 1.807) is 12.1 Å². The first-order chi connectivity index (χ1) is 23.1. The van der Waals surface area contributed by atoms with Gasteiger partial charge in [0.15, 0.2) is 11.5 Å². The number of carbonyl (C=O) groups is 2. The molecule has 1 N–H and O–H groups in total. The summed E-state index contributed by atoms with van der Waals surface area (Å²) in [6, 6.07) is 25.9. The van der Waals surface area contributed by atoms with Gasteiger partial charge in [-0.05, 0) is 93.6 Å². The standard InChI is InChI=1S/C39H47N3O6S/c1-27-20-28(2)22-32(21-27)42(49(45,46)33-18-19-35(47-7)36(24-33)48-8)26-37(43)41(25-31-17-13-12-14-29(31)3)34(38(44)40-39(4,5)6)23-30-15-10-9-11-16-30/h9-22,24,34H,23,25-26H2,1-8H3,(H,40,44). The number of nitrogens with one attached hydrogen (secondary N) is 1. The van der Waals surface area contributed by atoms with Gasteiger partial charge in [0, 0.05) is 24.6 Å². The van der Waals surface area contributed by atoms with Crippen molar-refractivity contribution in [1.82, 2.24) is 10.2 Å². The van der Waals surface area contributed by atoms with Gasteiger partial charge in [-0.25, -0.2) is 8.42 Å². The first-order valence-electron chi connectivity index (χ1n) is 16.2. The Morgan fingerprint density at radius 3 is 2.00 bits per heavy atom. The Morgan fingerprint density at radius 2 is 1.41 bits per heavy atom. The van der Waals surface area contributed by atoms with Crippen LogP contribution >= 0.6 is 0 Å². The number of methoxy groups -OCH3 is 2. The lowest BCUT2D eigenvalue weighted by Crippen LogP contribution is -2.56. The first kappa shape index (κ1) is 37.0. The second kappa shape index (κ2) is 15.6. The van der Waals surface area contributed by atoms with Crippen molar-refractivity contribution in [2.24, 2.45) is 0 Å². The summed E-state index contributed by atoms with van der Waals surface area (Å²) in [6.07, 6.45) is 0.229. The molecule has 4 aromatic rings. The third-order valence-electron chi connectivity index (χ3n) is 8.09. The molecule has 0 aliphatic heterocycles. The van der Waals surface area contributed by atoms with Crippen molar-refractivity contribution >= 4 is 27.5 Å². The lowest BCUT2D eigenvalue weighted by atomic mass is 10.00. The van der Waals surface area contributed by atoms with Gasteiger partial charge in [0.05, 0.1) is 24.8 Å². The van der Waals surface area contributed by atoms with Gasteiger partial charge < -0.3 is 19.7 Å². The van der Waals surface area contributed by atoms with E-state index in [-0.39, 0.29) is 29.5 Å². The van der Waals surface area contributed by atoms with E-state index in [0.29, 0.717) is 11.4 Å². The van der Waals surface area contributed by atoms with Crippen molar-refractivity contribution in [2.75, 3.05) is 25.1 Å². The van der Waals surface area contributed by atoms with Crippen LogP contribution in [0.15, 0.2) is 95.9 Å². The maximum atomic E-state index is 14.8. The number of hydrogen-bond acceptors (Lipinski definition) is 6. The number of benzene rings is 4. The second-order valence-electron chi connectivity index (χ2n) is 13.3. The van der Waals surface area contributed by atoms with Crippen LogP contribution < -0.4 is 19.1 Å². The number of carbonyl (C=O) groups excluding carboxylic acids is 2. The number of ether oxygens (including phenoxy) is 2. The highest BCUT2D eigenvalue weighted by atomic mass is 32.2. The molecule has 0 bridgehead atoms. The molecule has 0 aliphatic rings. The molecule has 1 unspecified atom stereocenters. The zero-order chi connectivity index (χ0) is 35.9. The van der Waals surface area contributed by atoms with Gasteiger partial charge in [-0.1, -0.05) is 60.7 Å². The van der Waals surface area contributed by atoms with Gasteiger partial charge in [-0.2, -0.15) is 0 Å². The van der Waals surface area contributed by atoms with E-state index < -0.39 is 34.1 Å². The first-order valence-corrected chi connectivity index (χ1v) is 17.6. The number of nitrogens with zero attached hydrogens (tertiary/aromatic N) is 2. The SMILES string of the molecule is COc1ccc(S(=O)(=O)N(CC(=O)N(Cc2ccccc2C)C(Cc2ccccc2)C(=O)NC(C)(C)C)c2cc(C)cc(C)c2)cc1OC. The molecule has 0 fully saturated rings. The van der Waals surface area contributed by atoms with E-state index in [1.807, 2.05) is 102 Å². The number of rotatable bonds is 13. The molecule has 49 heavy (non-hydrogen) atoms. The summed E-state index contributed by atoms with van der Waals surface area (Å²) in [5, 5.41) is 3.06. The van der Waals surface area contributed by atoms with Gasteiger partial charge in [0.1, 0.15) is 12.6 Å². The van der Waals surface area contributed by atoms with Crippen molar-refractivity contribution in [3.8, 4) is 11.5 Å². The fourth-order valence-electron chi connectivity index (χ4n) is 5.71. The molecule has 0 radical (unpaired) electrons. The van der Waals surface area contributed by atoms with Crippen molar-refractivity contribution < 1.29 is 27.5 Å². The summed E-state index contributed by atoms with van der Waals surface area (Å²) in [5.74, 6) is -0.262. The lowest BCUT2D eigenvalue weighted by molar-refractivity contribution is -0.140. The van der Waals surface area contributed by atoms with Crippen molar-refractivity contribution in [3.63, 3.8) is 0 Å². The molecular weight excluding hydrogens is 639 g/mol. The summed E-state index contributed by atoms with van der Waals surface area (Å²) < 4.78 is 41.0. The third-order valence-corrected chi connectivity index (χ3v) is 9.86. The number of sulfonamides is 1. The van der Waals surface area contributed by atoms with Crippen LogP contribution in [0, 0.1) is 20.8 Å². The van der Waals surface area contributed by atoms with E-state index in [2.05, 4.69) is 5.32 Å². The average Bonchev–Trinajstić information content (AvgIpc) is 3.04. The van der Waals surface area contributed by atoms with E-state index in [1.165, 1.54) is 37.3 Å². The number of hydrogen-bond donors (Lipinski definition) is 1. The third kappa shape index (κ3) is 9.41. The topological polar surface area (TPSA) is 105 Å². The smallest absolute Gasteiger partial charge is 0.264 e. The van der Waals surface area contributed by atoms with Crippen LogP contribution in [0.4, 0.5) is 5.69 Å². The maximum absolute atomic E-state index is 14.8. The molecule has 1 atom stereocenters. The predicted octanol–water partition coefficient (Wildman–Crippen LogP) is 6.38. The zero-order valence-corrected chi connectivity index (χ0v) is 30.4. The van der Waals surface area contributed by atoms with Crippen LogP contribution in [0.5, 0.6) is 11.5 Å². The Hall–Kier alpha value is -4.83. The maximum Gasteiger partial charge on any atom is 0.264 e. The van der Waals surface area contributed by atoms with Crippen LogP contribution in [-0.2, 0) is 32.6 Å². The molecule has 260 valence electrons.